The van der Waals surface area contributed by atoms with E-state index >= 15 is 0 Å². The van der Waals surface area contributed by atoms with Gasteiger partial charge in [-0.05, 0) is 49.2 Å². The normalized spacial score (nSPS) is 10.3. The minimum Gasteiger partial charge on any atom is -0.494 e. The molecule has 0 bridgehead atoms. The van der Waals surface area contributed by atoms with Crippen molar-refractivity contribution in [3.8, 4) is 11.5 Å². The summed E-state index contributed by atoms with van der Waals surface area (Å²) in [6.07, 6.45) is 4.16. The first-order chi connectivity index (χ1) is 12.2. The van der Waals surface area contributed by atoms with Gasteiger partial charge in [-0.1, -0.05) is 38.8 Å². The Morgan fingerprint density at radius 3 is 2.20 bits per heavy atom. The molecule has 0 spiro atoms. The van der Waals surface area contributed by atoms with Crippen LogP contribution in [0.4, 0.5) is 5.69 Å². The van der Waals surface area contributed by atoms with Gasteiger partial charge in [-0.2, -0.15) is 0 Å². The van der Waals surface area contributed by atoms with Crippen LogP contribution in [0.3, 0.4) is 0 Å². The summed E-state index contributed by atoms with van der Waals surface area (Å²) in [5, 5.41) is 2.91. The highest BCUT2D eigenvalue weighted by molar-refractivity contribution is 6.06. The third-order valence-corrected chi connectivity index (χ3v) is 3.77. The van der Waals surface area contributed by atoms with Crippen LogP contribution in [-0.2, 0) is 0 Å². The van der Waals surface area contributed by atoms with E-state index in [4.69, 9.17) is 9.47 Å². The van der Waals surface area contributed by atoms with Gasteiger partial charge in [0.05, 0.1) is 18.8 Å². The van der Waals surface area contributed by atoms with Crippen LogP contribution in [-0.4, -0.2) is 19.1 Å². The van der Waals surface area contributed by atoms with E-state index in [2.05, 4.69) is 19.2 Å². The number of carbonyl (C=O) groups is 1. The molecule has 0 saturated carbocycles. The zero-order valence-corrected chi connectivity index (χ0v) is 15.1. The predicted octanol–water partition coefficient (Wildman–Crippen LogP) is 5.30. The van der Waals surface area contributed by atoms with Crippen LogP contribution < -0.4 is 14.8 Å². The number of para-hydroxylation sites is 1. The largest absolute Gasteiger partial charge is 0.494 e. The average Bonchev–Trinajstić information content (AvgIpc) is 2.64. The first-order valence-electron chi connectivity index (χ1n) is 9.00. The lowest BCUT2D eigenvalue weighted by Crippen LogP contribution is -2.14. The Bertz CT molecular complexity index is 652. The molecule has 4 nitrogen and oxygen atoms in total. The number of rotatable bonds is 10. The molecule has 0 aliphatic carbocycles. The van der Waals surface area contributed by atoms with Crippen LogP contribution in [0.2, 0.25) is 0 Å². The van der Waals surface area contributed by atoms with Crippen molar-refractivity contribution in [1.82, 2.24) is 0 Å². The van der Waals surface area contributed by atoms with Crippen LogP contribution in [0.25, 0.3) is 0 Å². The lowest BCUT2D eigenvalue weighted by molar-refractivity contribution is 0.102. The van der Waals surface area contributed by atoms with Crippen molar-refractivity contribution in [2.75, 3.05) is 18.5 Å². The van der Waals surface area contributed by atoms with Crippen molar-refractivity contribution in [1.29, 1.82) is 0 Å². The number of hydrogen-bond donors (Lipinski definition) is 1. The maximum atomic E-state index is 12.5. The van der Waals surface area contributed by atoms with E-state index in [0.29, 0.717) is 24.5 Å². The molecule has 4 heteroatoms. The van der Waals surface area contributed by atoms with E-state index in [1.807, 2.05) is 42.5 Å². The number of unbranched alkanes of at least 4 members (excludes halogenated alkanes) is 2. The van der Waals surface area contributed by atoms with Crippen molar-refractivity contribution in [2.45, 2.75) is 39.5 Å². The summed E-state index contributed by atoms with van der Waals surface area (Å²) >= 11 is 0. The average molecular weight is 341 g/mol. The minimum atomic E-state index is -0.174. The predicted molar refractivity (Wildman–Crippen MR) is 102 cm³/mol. The number of hydrogen-bond acceptors (Lipinski definition) is 3. The van der Waals surface area contributed by atoms with Gasteiger partial charge >= 0.3 is 0 Å². The second-order valence-corrected chi connectivity index (χ2v) is 5.88. The first-order valence-corrected chi connectivity index (χ1v) is 9.00. The van der Waals surface area contributed by atoms with Crippen LogP contribution in [0.5, 0.6) is 11.5 Å². The molecule has 0 heterocycles. The van der Waals surface area contributed by atoms with Gasteiger partial charge in [0.2, 0.25) is 0 Å². The number of anilines is 1. The molecule has 0 atom stereocenters. The maximum absolute atomic E-state index is 12.5. The number of ether oxygens (including phenoxy) is 2. The van der Waals surface area contributed by atoms with E-state index in [0.717, 1.165) is 37.1 Å². The summed E-state index contributed by atoms with van der Waals surface area (Å²) in [4.78, 5) is 12.5. The van der Waals surface area contributed by atoms with Gasteiger partial charge in [0.1, 0.15) is 11.5 Å². The fourth-order valence-corrected chi connectivity index (χ4v) is 2.27. The monoisotopic (exact) mass is 341 g/mol. The molecule has 0 saturated heterocycles. The molecule has 0 radical (unpaired) electrons. The number of benzene rings is 2. The Morgan fingerprint density at radius 2 is 1.52 bits per heavy atom. The van der Waals surface area contributed by atoms with Crippen molar-refractivity contribution >= 4 is 11.6 Å². The summed E-state index contributed by atoms with van der Waals surface area (Å²) < 4.78 is 11.4. The second kappa shape index (κ2) is 10.4. The van der Waals surface area contributed by atoms with Gasteiger partial charge in [-0.3, -0.25) is 4.79 Å². The third-order valence-electron chi connectivity index (χ3n) is 3.77. The second-order valence-electron chi connectivity index (χ2n) is 5.88. The fraction of sp³-hybridized carbons (Fsp3) is 0.381. The van der Waals surface area contributed by atoms with Gasteiger partial charge in [0.25, 0.3) is 5.91 Å². The molecule has 0 aromatic heterocycles. The molecule has 0 fully saturated rings. The Morgan fingerprint density at radius 1 is 0.880 bits per heavy atom. The maximum Gasteiger partial charge on any atom is 0.259 e. The smallest absolute Gasteiger partial charge is 0.259 e. The molecule has 25 heavy (non-hydrogen) atoms. The highest BCUT2D eigenvalue weighted by Crippen LogP contribution is 2.21. The summed E-state index contributed by atoms with van der Waals surface area (Å²) in [5.41, 5.74) is 1.28. The molecule has 134 valence electrons. The van der Waals surface area contributed by atoms with E-state index in [9.17, 15) is 4.79 Å². The number of carbonyl (C=O) groups excluding carboxylic acids is 1. The summed E-state index contributed by atoms with van der Waals surface area (Å²) in [7, 11) is 0. The van der Waals surface area contributed by atoms with Crippen LogP contribution in [0.15, 0.2) is 48.5 Å². The van der Waals surface area contributed by atoms with Crippen molar-refractivity contribution in [3.63, 3.8) is 0 Å². The minimum absolute atomic E-state index is 0.174. The standard InChI is InChI=1S/C21H27NO3/c1-3-5-15-24-18-13-11-17(12-14-18)22-21(23)19-9-7-8-10-20(19)25-16-6-4-2/h7-14H,3-6,15-16H2,1-2H3,(H,22,23). The lowest BCUT2D eigenvalue weighted by atomic mass is 10.2. The van der Waals surface area contributed by atoms with E-state index in [1.54, 1.807) is 6.07 Å². The number of nitrogens with one attached hydrogen (secondary N) is 1. The Hall–Kier alpha value is -2.49. The Balaban J connectivity index is 1.97. The molecule has 0 aliphatic rings. The molecule has 2 aromatic carbocycles. The Kier molecular flexibility index (Phi) is 7.83. The topological polar surface area (TPSA) is 47.6 Å². The zero-order valence-electron chi connectivity index (χ0n) is 15.1. The fourth-order valence-electron chi connectivity index (χ4n) is 2.27. The highest BCUT2D eigenvalue weighted by atomic mass is 16.5. The van der Waals surface area contributed by atoms with E-state index in [1.165, 1.54) is 0 Å². The molecule has 0 unspecified atom stereocenters. The molecule has 1 amide bonds. The van der Waals surface area contributed by atoms with E-state index < -0.39 is 0 Å². The van der Waals surface area contributed by atoms with Gasteiger partial charge in [0, 0.05) is 5.69 Å². The molecule has 2 rings (SSSR count). The molecular weight excluding hydrogens is 314 g/mol. The number of amides is 1. The van der Waals surface area contributed by atoms with Crippen molar-refractivity contribution in [2.24, 2.45) is 0 Å². The van der Waals surface area contributed by atoms with Gasteiger partial charge < -0.3 is 14.8 Å². The summed E-state index contributed by atoms with van der Waals surface area (Å²) in [5.74, 6) is 1.26. The molecule has 1 N–H and O–H groups in total. The van der Waals surface area contributed by atoms with Crippen LogP contribution in [0, 0.1) is 0 Å². The lowest BCUT2D eigenvalue weighted by Gasteiger charge is -2.12. The van der Waals surface area contributed by atoms with Gasteiger partial charge in [-0.25, -0.2) is 0 Å². The first kappa shape index (κ1) is 18.8. The molecular formula is C21H27NO3. The molecule has 2 aromatic rings. The quantitative estimate of drug-likeness (QED) is 0.597. The van der Waals surface area contributed by atoms with Gasteiger partial charge in [0.15, 0.2) is 0 Å². The van der Waals surface area contributed by atoms with Crippen molar-refractivity contribution in [3.05, 3.63) is 54.1 Å². The molecule has 0 aliphatic heterocycles. The Labute approximate surface area is 150 Å². The van der Waals surface area contributed by atoms with Gasteiger partial charge in [-0.15, -0.1) is 0 Å². The van der Waals surface area contributed by atoms with Crippen molar-refractivity contribution < 1.29 is 14.3 Å². The summed E-state index contributed by atoms with van der Waals surface area (Å²) in [6, 6.07) is 14.8. The van der Waals surface area contributed by atoms with Crippen LogP contribution in [0.1, 0.15) is 49.9 Å². The van der Waals surface area contributed by atoms with E-state index in [-0.39, 0.29) is 5.91 Å². The van der Waals surface area contributed by atoms with Crippen LogP contribution >= 0.6 is 0 Å². The highest BCUT2D eigenvalue weighted by Gasteiger charge is 2.12. The third kappa shape index (κ3) is 6.14. The SMILES string of the molecule is CCCCOc1ccc(NC(=O)c2ccccc2OCCCC)cc1. The summed E-state index contributed by atoms with van der Waals surface area (Å²) in [6.45, 7) is 5.57. The zero-order chi connectivity index (χ0) is 17.9.